The van der Waals surface area contributed by atoms with Crippen LogP contribution in [-0.2, 0) is 0 Å². The number of rotatable bonds is 3. The normalized spacial score (nSPS) is 37.9. The molecule has 4 aliphatic rings. The van der Waals surface area contributed by atoms with Crippen LogP contribution in [0.25, 0.3) is 0 Å². The number of hydrogen-bond acceptors (Lipinski definition) is 2. The van der Waals surface area contributed by atoms with Crippen LogP contribution in [0, 0.1) is 24.7 Å². The summed E-state index contributed by atoms with van der Waals surface area (Å²) in [6, 6.07) is 9.59. The van der Waals surface area contributed by atoms with Crippen molar-refractivity contribution in [1.82, 2.24) is 4.90 Å². The van der Waals surface area contributed by atoms with E-state index in [-0.39, 0.29) is 0 Å². The van der Waals surface area contributed by atoms with Crippen molar-refractivity contribution in [3.05, 3.63) is 42.1 Å². The van der Waals surface area contributed by atoms with E-state index in [1.165, 1.54) is 69.0 Å². The van der Waals surface area contributed by atoms with Gasteiger partial charge in [-0.15, -0.1) is 0 Å². The van der Waals surface area contributed by atoms with Gasteiger partial charge in [-0.25, -0.2) is 0 Å². The van der Waals surface area contributed by atoms with Crippen molar-refractivity contribution in [3.63, 3.8) is 0 Å². The summed E-state index contributed by atoms with van der Waals surface area (Å²) in [5.74, 6) is 0.835. The summed E-state index contributed by atoms with van der Waals surface area (Å²) in [4.78, 5) is 5.36. The third-order valence-corrected chi connectivity index (χ3v) is 7.88. The number of anilines is 1. The number of aryl methyl sites for hydroxylation is 1. The summed E-state index contributed by atoms with van der Waals surface area (Å²) in [5, 5.41) is 0. The first-order chi connectivity index (χ1) is 13.6. The van der Waals surface area contributed by atoms with E-state index in [1.54, 1.807) is 0 Å². The van der Waals surface area contributed by atoms with Crippen molar-refractivity contribution in [1.29, 1.82) is 0 Å². The SMILES string of the molecule is [2H]C1(C2CCCC2)C=CN2C(C3CCCCC3)N(c3ccccc3C)[C@@H](C)C21. The van der Waals surface area contributed by atoms with E-state index in [0.29, 0.717) is 24.2 Å². The fourth-order valence-electron chi connectivity index (χ4n) is 6.61. The Morgan fingerprint density at radius 3 is 2.33 bits per heavy atom. The van der Waals surface area contributed by atoms with E-state index in [4.69, 9.17) is 0 Å². The second kappa shape index (κ2) is 7.18. The number of hydrogen-bond donors (Lipinski definition) is 0. The molecule has 2 aliphatic carbocycles. The third kappa shape index (κ3) is 2.91. The molecule has 0 amide bonds. The van der Waals surface area contributed by atoms with Crippen LogP contribution in [0.2, 0.25) is 0 Å². The number of nitrogens with zero attached hydrogens (tertiary/aromatic N) is 2. The van der Waals surface area contributed by atoms with Gasteiger partial charge in [0.25, 0.3) is 0 Å². The quantitative estimate of drug-likeness (QED) is 0.637. The van der Waals surface area contributed by atoms with Gasteiger partial charge in [-0.2, -0.15) is 0 Å². The van der Waals surface area contributed by atoms with E-state index in [1.807, 2.05) is 0 Å². The Morgan fingerprint density at radius 1 is 0.926 bits per heavy atom. The largest absolute Gasteiger partial charge is 0.352 e. The summed E-state index contributed by atoms with van der Waals surface area (Å²) in [5.41, 5.74) is 2.76. The molecule has 2 aliphatic heterocycles. The Balaban J connectivity index is 1.56. The van der Waals surface area contributed by atoms with Crippen LogP contribution >= 0.6 is 0 Å². The van der Waals surface area contributed by atoms with Crippen LogP contribution in [0.5, 0.6) is 0 Å². The van der Waals surface area contributed by atoms with Crippen LogP contribution in [-0.4, -0.2) is 23.1 Å². The first-order valence-corrected chi connectivity index (χ1v) is 11.4. The number of benzene rings is 1. The van der Waals surface area contributed by atoms with Gasteiger partial charge in [0.15, 0.2) is 0 Å². The lowest BCUT2D eigenvalue weighted by Crippen LogP contribution is -2.45. The lowest BCUT2D eigenvalue weighted by Gasteiger charge is -2.40. The van der Waals surface area contributed by atoms with Gasteiger partial charge in [0, 0.05) is 19.0 Å². The Bertz CT molecular complexity index is 734. The van der Waals surface area contributed by atoms with Crippen LogP contribution < -0.4 is 4.90 Å². The minimum atomic E-state index is -0.416. The summed E-state index contributed by atoms with van der Waals surface area (Å²) in [6.45, 7) is 4.66. The molecule has 1 saturated heterocycles. The van der Waals surface area contributed by atoms with Crippen molar-refractivity contribution in [3.8, 4) is 0 Å². The standard InChI is InChI=1S/C25H36N2/c1-18-10-6-9-15-23(18)27-19(2)24-22(20-11-7-8-12-20)16-17-26(24)25(27)21-13-4-3-5-14-21/h6,9-10,15-17,19-22,24-25H,3-5,7-8,11-14H2,1-2H3/t19-,22?,24?,25?/m0/s1/i22D. The molecule has 1 aromatic rings. The highest BCUT2D eigenvalue weighted by Crippen LogP contribution is 2.49. The van der Waals surface area contributed by atoms with E-state index >= 15 is 0 Å². The monoisotopic (exact) mass is 365 g/mol. The summed E-state index contributed by atoms with van der Waals surface area (Å²) in [6.07, 6.45) is 17.0. The minimum absolute atomic E-state index is 0.294. The molecule has 0 bridgehead atoms. The van der Waals surface area contributed by atoms with Crippen LogP contribution in [0.4, 0.5) is 5.69 Å². The second-order valence-corrected chi connectivity index (χ2v) is 9.44. The number of para-hydroxylation sites is 1. The Hall–Kier alpha value is -1.44. The first-order valence-electron chi connectivity index (χ1n) is 11.9. The van der Waals surface area contributed by atoms with Gasteiger partial charge in [0.2, 0.25) is 0 Å². The maximum Gasteiger partial charge on any atom is 0.105 e. The number of fused-ring (bicyclic) bond motifs is 1. The topological polar surface area (TPSA) is 6.48 Å². The summed E-state index contributed by atoms with van der Waals surface area (Å²) in [7, 11) is 0. The first kappa shape index (κ1) is 16.5. The average molecular weight is 366 g/mol. The molecule has 27 heavy (non-hydrogen) atoms. The molecule has 0 radical (unpaired) electrons. The van der Waals surface area contributed by atoms with Gasteiger partial charge in [-0.1, -0.05) is 56.4 Å². The van der Waals surface area contributed by atoms with Gasteiger partial charge in [-0.3, -0.25) is 0 Å². The smallest absolute Gasteiger partial charge is 0.105 e. The lowest BCUT2D eigenvalue weighted by molar-refractivity contribution is 0.158. The average Bonchev–Trinajstić information content (AvgIpc) is 3.42. The molecule has 0 N–H and O–H groups in total. The van der Waals surface area contributed by atoms with Crippen LogP contribution in [0.1, 0.15) is 71.6 Å². The van der Waals surface area contributed by atoms with Gasteiger partial charge >= 0.3 is 0 Å². The van der Waals surface area contributed by atoms with E-state index in [9.17, 15) is 1.37 Å². The predicted molar refractivity (Wildman–Crippen MR) is 114 cm³/mol. The minimum Gasteiger partial charge on any atom is -0.352 e. The van der Waals surface area contributed by atoms with Crippen molar-refractivity contribution in [2.24, 2.45) is 17.7 Å². The summed E-state index contributed by atoms with van der Waals surface area (Å²) < 4.78 is 9.59. The fraction of sp³-hybridized carbons (Fsp3) is 0.680. The molecule has 146 valence electrons. The predicted octanol–water partition coefficient (Wildman–Crippen LogP) is 6.11. The molecule has 2 saturated carbocycles. The Morgan fingerprint density at radius 2 is 1.59 bits per heavy atom. The maximum absolute atomic E-state index is 9.59. The maximum atomic E-state index is 9.59. The second-order valence-electron chi connectivity index (χ2n) is 9.44. The molecule has 3 fully saturated rings. The zero-order valence-corrected chi connectivity index (χ0v) is 17.1. The van der Waals surface area contributed by atoms with Crippen molar-refractivity contribution in [2.45, 2.75) is 89.9 Å². The van der Waals surface area contributed by atoms with Gasteiger partial charge < -0.3 is 9.80 Å². The van der Waals surface area contributed by atoms with Gasteiger partial charge in [0.05, 0.1) is 6.04 Å². The third-order valence-electron chi connectivity index (χ3n) is 7.88. The molecular weight excluding hydrogens is 328 g/mol. The van der Waals surface area contributed by atoms with Crippen LogP contribution in [0.15, 0.2) is 36.5 Å². The molecular formula is C25H36N2. The molecule has 2 heteroatoms. The summed E-state index contributed by atoms with van der Waals surface area (Å²) >= 11 is 0. The molecule has 4 atom stereocenters. The molecule has 2 nitrogen and oxygen atoms in total. The zero-order chi connectivity index (χ0) is 19.3. The van der Waals surface area contributed by atoms with E-state index in [2.05, 4.69) is 60.2 Å². The zero-order valence-electron chi connectivity index (χ0n) is 18.1. The molecule has 1 aromatic carbocycles. The highest BCUT2D eigenvalue weighted by Gasteiger charge is 2.52. The van der Waals surface area contributed by atoms with Crippen molar-refractivity contribution < 1.29 is 1.37 Å². The molecule has 0 aromatic heterocycles. The van der Waals surface area contributed by atoms with E-state index < -0.39 is 5.89 Å². The molecule has 2 heterocycles. The van der Waals surface area contributed by atoms with E-state index in [0.717, 1.165) is 5.92 Å². The van der Waals surface area contributed by atoms with Crippen molar-refractivity contribution in [2.75, 3.05) is 4.90 Å². The Kier molecular flexibility index (Phi) is 4.39. The highest BCUT2D eigenvalue weighted by atomic mass is 15.5. The van der Waals surface area contributed by atoms with Gasteiger partial charge in [-0.05, 0) is 69.2 Å². The Labute approximate surface area is 167 Å². The lowest BCUT2D eigenvalue weighted by atomic mass is 9.83. The molecule has 0 spiro atoms. The molecule has 5 rings (SSSR count). The van der Waals surface area contributed by atoms with Crippen LogP contribution in [0.3, 0.4) is 0 Å². The molecule has 3 unspecified atom stereocenters. The fourth-order valence-corrected chi connectivity index (χ4v) is 6.61. The van der Waals surface area contributed by atoms with Gasteiger partial charge in [0.1, 0.15) is 6.17 Å². The van der Waals surface area contributed by atoms with Crippen molar-refractivity contribution >= 4 is 5.69 Å². The highest BCUT2D eigenvalue weighted by molar-refractivity contribution is 5.56.